The number of amides is 2. The molecule has 3 rings (SSSR count). The fourth-order valence-electron chi connectivity index (χ4n) is 4.53. The van der Waals surface area contributed by atoms with Gasteiger partial charge in [-0.1, -0.05) is 26.0 Å². The van der Waals surface area contributed by atoms with Gasteiger partial charge in [0.05, 0.1) is 12.0 Å². The summed E-state index contributed by atoms with van der Waals surface area (Å²) < 4.78 is 5.65. The van der Waals surface area contributed by atoms with Crippen molar-refractivity contribution >= 4 is 11.8 Å². The summed E-state index contributed by atoms with van der Waals surface area (Å²) in [5, 5.41) is 9.71. The molecule has 6 nitrogen and oxygen atoms in total. The number of allylic oxidation sites excluding steroid dienone is 2. The number of carbonyl (C=O) groups is 2. The number of ether oxygens (including phenoxy) is 1. The lowest BCUT2D eigenvalue weighted by molar-refractivity contribution is -0.137. The van der Waals surface area contributed by atoms with Crippen molar-refractivity contribution in [1.82, 2.24) is 16.0 Å². The lowest BCUT2D eigenvalue weighted by Crippen LogP contribution is -2.57. The van der Waals surface area contributed by atoms with Crippen LogP contribution in [-0.2, 0) is 14.3 Å². The molecule has 0 radical (unpaired) electrons. The molecule has 3 atom stereocenters. The SMILES string of the molecule is CC(C)C[C@H]1NC(=O)C2(C/C=C/C[C@H]3COCC[C@H]3NC1=O)CCNCC2. The average Bonchev–Trinajstić information content (AvgIpc) is 2.65. The molecular weight excluding hydrogens is 342 g/mol. The zero-order valence-corrected chi connectivity index (χ0v) is 16.8. The third-order valence-corrected chi connectivity index (χ3v) is 6.29. The van der Waals surface area contributed by atoms with E-state index in [4.69, 9.17) is 4.74 Å². The summed E-state index contributed by atoms with van der Waals surface area (Å²) in [7, 11) is 0. The highest BCUT2D eigenvalue weighted by atomic mass is 16.5. The standard InChI is InChI=1S/C21H35N3O3/c1-15(2)13-18-19(25)23-17-6-12-27-14-16(17)5-3-4-7-21(20(26)24-18)8-10-22-11-9-21/h3-4,15-18,22H,5-14H2,1-2H3,(H,23,25)(H,24,26)/b4-3+/t16-,17+,18+/m0/s1. The Morgan fingerprint density at radius 2 is 1.96 bits per heavy atom. The van der Waals surface area contributed by atoms with Crippen molar-refractivity contribution in [3.05, 3.63) is 12.2 Å². The maximum Gasteiger partial charge on any atom is 0.242 e. The molecule has 2 amide bonds. The Labute approximate surface area is 162 Å². The van der Waals surface area contributed by atoms with Gasteiger partial charge in [0.15, 0.2) is 0 Å². The Kier molecular flexibility index (Phi) is 6.93. The molecule has 0 aliphatic carbocycles. The van der Waals surface area contributed by atoms with E-state index >= 15 is 0 Å². The smallest absolute Gasteiger partial charge is 0.242 e. The number of fused-ring (bicyclic) bond motifs is 1. The molecule has 0 unspecified atom stereocenters. The minimum Gasteiger partial charge on any atom is -0.381 e. The molecular formula is C21H35N3O3. The number of nitrogens with one attached hydrogen (secondary N) is 3. The molecule has 3 aliphatic rings. The molecule has 0 saturated carbocycles. The molecule has 27 heavy (non-hydrogen) atoms. The van der Waals surface area contributed by atoms with E-state index in [9.17, 15) is 9.59 Å². The summed E-state index contributed by atoms with van der Waals surface area (Å²) in [6.45, 7) is 7.25. The van der Waals surface area contributed by atoms with E-state index in [0.29, 0.717) is 31.5 Å². The van der Waals surface area contributed by atoms with Crippen LogP contribution < -0.4 is 16.0 Å². The van der Waals surface area contributed by atoms with E-state index in [1.807, 2.05) is 0 Å². The van der Waals surface area contributed by atoms with Gasteiger partial charge >= 0.3 is 0 Å². The lowest BCUT2D eigenvalue weighted by Gasteiger charge is -2.38. The van der Waals surface area contributed by atoms with Crippen molar-refractivity contribution in [2.24, 2.45) is 17.3 Å². The van der Waals surface area contributed by atoms with Gasteiger partial charge in [0, 0.05) is 18.6 Å². The molecule has 0 aromatic carbocycles. The lowest BCUT2D eigenvalue weighted by atomic mass is 9.74. The number of carbonyl (C=O) groups excluding carboxylic acids is 2. The fourth-order valence-corrected chi connectivity index (χ4v) is 4.53. The van der Waals surface area contributed by atoms with E-state index in [2.05, 4.69) is 41.9 Å². The monoisotopic (exact) mass is 377 g/mol. The third-order valence-electron chi connectivity index (χ3n) is 6.29. The van der Waals surface area contributed by atoms with Crippen molar-refractivity contribution in [3.63, 3.8) is 0 Å². The van der Waals surface area contributed by atoms with Crippen molar-refractivity contribution in [2.45, 2.75) is 64.5 Å². The molecule has 2 saturated heterocycles. The number of piperidine rings is 1. The molecule has 3 heterocycles. The first-order chi connectivity index (χ1) is 13.0. The molecule has 2 fully saturated rings. The summed E-state index contributed by atoms with van der Waals surface area (Å²) in [5.74, 6) is 0.641. The summed E-state index contributed by atoms with van der Waals surface area (Å²) in [5.41, 5.74) is -0.404. The Bertz CT molecular complexity index is 555. The van der Waals surface area contributed by atoms with Crippen LogP contribution >= 0.6 is 0 Å². The van der Waals surface area contributed by atoms with E-state index in [1.165, 1.54) is 0 Å². The molecule has 6 heteroatoms. The highest BCUT2D eigenvalue weighted by Crippen LogP contribution is 2.34. The van der Waals surface area contributed by atoms with Crippen molar-refractivity contribution in [1.29, 1.82) is 0 Å². The molecule has 3 aliphatic heterocycles. The van der Waals surface area contributed by atoms with E-state index < -0.39 is 11.5 Å². The normalized spacial score (nSPS) is 33.4. The fraction of sp³-hybridized carbons (Fsp3) is 0.810. The largest absolute Gasteiger partial charge is 0.381 e. The summed E-state index contributed by atoms with van der Waals surface area (Å²) in [6, 6.07) is -0.342. The zero-order valence-electron chi connectivity index (χ0n) is 16.8. The van der Waals surface area contributed by atoms with Gasteiger partial charge in [0.25, 0.3) is 0 Å². The topological polar surface area (TPSA) is 79.5 Å². The maximum atomic E-state index is 13.3. The van der Waals surface area contributed by atoms with Crippen LogP contribution in [0.4, 0.5) is 0 Å². The minimum absolute atomic E-state index is 0.0393. The summed E-state index contributed by atoms with van der Waals surface area (Å²) in [6.07, 6.45) is 9.12. The van der Waals surface area contributed by atoms with Crippen LogP contribution in [0.25, 0.3) is 0 Å². The van der Waals surface area contributed by atoms with Gasteiger partial charge in [0.1, 0.15) is 6.04 Å². The predicted molar refractivity (Wildman–Crippen MR) is 105 cm³/mol. The number of hydrogen-bond acceptors (Lipinski definition) is 4. The van der Waals surface area contributed by atoms with Crippen LogP contribution in [0.15, 0.2) is 12.2 Å². The van der Waals surface area contributed by atoms with E-state index in [-0.39, 0.29) is 17.9 Å². The highest BCUT2D eigenvalue weighted by Gasteiger charge is 2.41. The van der Waals surface area contributed by atoms with E-state index in [0.717, 1.165) is 45.2 Å². The van der Waals surface area contributed by atoms with Crippen molar-refractivity contribution in [3.8, 4) is 0 Å². The summed E-state index contributed by atoms with van der Waals surface area (Å²) in [4.78, 5) is 26.3. The van der Waals surface area contributed by atoms with Gasteiger partial charge < -0.3 is 20.7 Å². The second-order valence-electron chi connectivity index (χ2n) is 8.84. The average molecular weight is 378 g/mol. The molecule has 0 aromatic heterocycles. The van der Waals surface area contributed by atoms with Gasteiger partial charge in [-0.2, -0.15) is 0 Å². The first-order valence-corrected chi connectivity index (χ1v) is 10.5. The molecule has 0 aromatic rings. The van der Waals surface area contributed by atoms with Gasteiger partial charge in [-0.3, -0.25) is 9.59 Å². The quantitative estimate of drug-likeness (QED) is 0.641. The second kappa shape index (κ2) is 9.20. The first kappa shape index (κ1) is 20.3. The van der Waals surface area contributed by atoms with Crippen LogP contribution in [0.2, 0.25) is 0 Å². The highest BCUT2D eigenvalue weighted by molar-refractivity contribution is 5.90. The van der Waals surface area contributed by atoms with Crippen LogP contribution in [0.1, 0.15) is 52.4 Å². The predicted octanol–water partition coefficient (Wildman–Crippen LogP) is 1.76. The molecule has 152 valence electrons. The Morgan fingerprint density at radius 1 is 1.19 bits per heavy atom. The second-order valence-corrected chi connectivity index (χ2v) is 8.84. The van der Waals surface area contributed by atoms with Gasteiger partial charge in [-0.25, -0.2) is 0 Å². The van der Waals surface area contributed by atoms with Crippen LogP contribution in [0, 0.1) is 17.3 Å². The van der Waals surface area contributed by atoms with Crippen LogP contribution in [0.5, 0.6) is 0 Å². The van der Waals surface area contributed by atoms with Crippen LogP contribution in [-0.4, -0.2) is 50.2 Å². The zero-order chi connectivity index (χ0) is 19.3. The van der Waals surface area contributed by atoms with Gasteiger partial charge in [0.2, 0.25) is 11.8 Å². The maximum absolute atomic E-state index is 13.3. The van der Waals surface area contributed by atoms with Crippen molar-refractivity contribution < 1.29 is 14.3 Å². The number of rotatable bonds is 2. The number of hydrogen-bond donors (Lipinski definition) is 3. The Hall–Kier alpha value is -1.40. The first-order valence-electron chi connectivity index (χ1n) is 10.5. The minimum atomic E-state index is -0.462. The Morgan fingerprint density at radius 3 is 2.70 bits per heavy atom. The van der Waals surface area contributed by atoms with Gasteiger partial charge in [-0.15, -0.1) is 0 Å². The van der Waals surface area contributed by atoms with Gasteiger partial charge in [-0.05, 0) is 57.5 Å². The third kappa shape index (κ3) is 5.11. The Balaban J connectivity index is 1.85. The van der Waals surface area contributed by atoms with Crippen LogP contribution in [0.3, 0.4) is 0 Å². The van der Waals surface area contributed by atoms with E-state index in [1.54, 1.807) is 0 Å². The summed E-state index contributed by atoms with van der Waals surface area (Å²) >= 11 is 0. The molecule has 1 spiro atoms. The molecule has 3 N–H and O–H groups in total. The molecule has 0 bridgehead atoms. The van der Waals surface area contributed by atoms with Crippen molar-refractivity contribution in [2.75, 3.05) is 26.3 Å².